The van der Waals surface area contributed by atoms with Crippen LogP contribution in [0.2, 0.25) is 0 Å². The van der Waals surface area contributed by atoms with Crippen molar-refractivity contribution >= 4 is 0 Å². The van der Waals surface area contributed by atoms with Crippen LogP contribution in [-0.2, 0) is 4.74 Å². The minimum atomic E-state index is 0.391. The largest absolute Gasteiger partial charge is 0.381 e. The Bertz CT molecular complexity index is 255. The predicted molar refractivity (Wildman–Crippen MR) is 76.4 cm³/mol. The molecule has 0 aromatic rings. The first-order chi connectivity index (χ1) is 8.48. The highest BCUT2D eigenvalue weighted by molar-refractivity contribution is 4.94. The van der Waals surface area contributed by atoms with Crippen LogP contribution < -0.4 is 5.73 Å². The lowest BCUT2D eigenvalue weighted by atomic mass is 9.59. The highest BCUT2D eigenvalue weighted by atomic mass is 16.5. The Morgan fingerprint density at radius 1 is 1.17 bits per heavy atom. The van der Waals surface area contributed by atoms with Crippen LogP contribution in [0.3, 0.4) is 0 Å². The maximum atomic E-state index is 6.17. The summed E-state index contributed by atoms with van der Waals surface area (Å²) < 4.78 is 5.70. The molecule has 0 aromatic carbocycles. The zero-order valence-corrected chi connectivity index (χ0v) is 12.5. The summed E-state index contributed by atoms with van der Waals surface area (Å²) in [7, 11) is 0. The van der Waals surface area contributed by atoms with Gasteiger partial charge in [-0.05, 0) is 67.7 Å². The lowest BCUT2D eigenvalue weighted by Crippen LogP contribution is -2.45. The molecule has 0 aromatic heterocycles. The van der Waals surface area contributed by atoms with Gasteiger partial charge in [0.1, 0.15) is 0 Å². The van der Waals surface area contributed by atoms with Gasteiger partial charge < -0.3 is 10.5 Å². The molecule has 2 N–H and O–H groups in total. The molecule has 0 amide bonds. The summed E-state index contributed by atoms with van der Waals surface area (Å²) in [5.41, 5.74) is 7.02. The molecule has 1 saturated carbocycles. The van der Waals surface area contributed by atoms with E-state index in [1.165, 1.54) is 38.5 Å². The van der Waals surface area contributed by atoms with E-state index in [1.807, 2.05) is 0 Å². The van der Waals surface area contributed by atoms with Gasteiger partial charge in [0.05, 0.1) is 0 Å². The molecule has 2 heteroatoms. The topological polar surface area (TPSA) is 35.2 Å². The van der Waals surface area contributed by atoms with Crippen LogP contribution in [0.4, 0.5) is 0 Å². The van der Waals surface area contributed by atoms with Gasteiger partial charge in [-0.2, -0.15) is 0 Å². The summed E-state index contributed by atoms with van der Waals surface area (Å²) in [5, 5.41) is 0. The summed E-state index contributed by atoms with van der Waals surface area (Å²) >= 11 is 0. The molecule has 1 aliphatic carbocycles. The third-order valence-corrected chi connectivity index (χ3v) is 5.64. The second-order valence-corrected chi connectivity index (χ2v) is 7.62. The minimum Gasteiger partial charge on any atom is -0.381 e. The molecular formula is C16H31NO. The van der Waals surface area contributed by atoms with Gasteiger partial charge in [0.2, 0.25) is 0 Å². The van der Waals surface area contributed by atoms with Crippen molar-refractivity contribution in [2.24, 2.45) is 28.4 Å². The third kappa shape index (κ3) is 2.91. The zero-order chi connectivity index (χ0) is 13.2. The van der Waals surface area contributed by atoms with E-state index < -0.39 is 0 Å². The molecule has 1 aliphatic heterocycles. The van der Waals surface area contributed by atoms with Crippen LogP contribution in [0.15, 0.2) is 0 Å². The van der Waals surface area contributed by atoms with Crippen LogP contribution in [0, 0.1) is 22.7 Å². The maximum Gasteiger partial charge on any atom is 0.0500 e. The van der Waals surface area contributed by atoms with Gasteiger partial charge in [0.25, 0.3) is 0 Å². The average molecular weight is 253 g/mol. The molecule has 1 unspecified atom stereocenters. The first-order valence-electron chi connectivity index (χ1n) is 7.76. The van der Waals surface area contributed by atoms with Gasteiger partial charge in [-0.3, -0.25) is 0 Å². The Morgan fingerprint density at radius 2 is 1.83 bits per heavy atom. The molecule has 106 valence electrons. The average Bonchev–Trinajstić information content (AvgIpc) is 2.39. The number of hydrogen-bond acceptors (Lipinski definition) is 2. The van der Waals surface area contributed by atoms with E-state index in [4.69, 9.17) is 10.5 Å². The van der Waals surface area contributed by atoms with E-state index in [1.54, 1.807) is 0 Å². The van der Waals surface area contributed by atoms with Gasteiger partial charge >= 0.3 is 0 Å². The molecule has 0 spiro atoms. The van der Waals surface area contributed by atoms with E-state index in [9.17, 15) is 0 Å². The van der Waals surface area contributed by atoms with Crippen LogP contribution in [-0.4, -0.2) is 19.8 Å². The van der Waals surface area contributed by atoms with Gasteiger partial charge in [0, 0.05) is 13.2 Å². The van der Waals surface area contributed by atoms with Crippen molar-refractivity contribution in [2.45, 2.75) is 59.3 Å². The molecule has 2 aliphatic rings. The lowest BCUT2D eigenvalue weighted by molar-refractivity contribution is -0.0370. The maximum absolute atomic E-state index is 6.17. The SMILES string of the molecule is CC(C)(C)C1CCC(CN)(C2CCCOC2)CC1. The highest BCUT2D eigenvalue weighted by Crippen LogP contribution is 2.50. The zero-order valence-electron chi connectivity index (χ0n) is 12.5. The molecule has 2 fully saturated rings. The van der Waals surface area contributed by atoms with Crippen LogP contribution >= 0.6 is 0 Å². The molecular weight excluding hydrogens is 222 g/mol. The summed E-state index contributed by atoms with van der Waals surface area (Å²) in [6.07, 6.45) is 7.92. The molecule has 2 nitrogen and oxygen atoms in total. The Hall–Kier alpha value is -0.0800. The van der Waals surface area contributed by atoms with E-state index in [0.717, 1.165) is 31.6 Å². The summed E-state index contributed by atoms with van der Waals surface area (Å²) in [6.45, 7) is 9.93. The van der Waals surface area contributed by atoms with E-state index in [2.05, 4.69) is 20.8 Å². The van der Waals surface area contributed by atoms with Crippen LogP contribution in [0.1, 0.15) is 59.3 Å². The highest BCUT2D eigenvalue weighted by Gasteiger charge is 2.43. The Balaban J connectivity index is 1.99. The van der Waals surface area contributed by atoms with Crippen molar-refractivity contribution in [3.63, 3.8) is 0 Å². The smallest absolute Gasteiger partial charge is 0.0500 e. The van der Waals surface area contributed by atoms with E-state index in [-0.39, 0.29) is 0 Å². The minimum absolute atomic E-state index is 0.391. The molecule has 1 heterocycles. The van der Waals surface area contributed by atoms with Crippen LogP contribution in [0.5, 0.6) is 0 Å². The summed E-state index contributed by atoms with van der Waals surface area (Å²) in [4.78, 5) is 0. The Kier molecular flexibility index (Phi) is 4.38. The number of hydrogen-bond donors (Lipinski definition) is 1. The Labute approximate surface area is 113 Å². The third-order valence-electron chi connectivity index (χ3n) is 5.64. The predicted octanol–water partition coefficient (Wildman–Crippen LogP) is 3.59. The molecule has 0 bridgehead atoms. The molecule has 0 radical (unpaired) electrons. The summed E-state index contributed by atoms with van der Waals surface area (Å²) in [6, 6.07) is 0. The van der Waals surface area contributed by atoms with Crippen molar-refractivity contribution in [2.75, 3.05) is 19.8 Å². The second-order valence-electron chi connectivity index (χ2n) is 7.62. The quantitative estimate of drug-likeness (QED) is 0.816. The van der Waals surface area contributed by atoms with Crippen molar-refractivity contribution in [1.82, 2.24) is 0 Å². The van der Waals surface area contributed by atoms with Gasteiger partial charge in [-0.15, -0.1) is 0 Å². The fraction of sp³-hybridized carbons (Fsp3) is 1.00. The monoisotopic (exact) mass is 253 g/mol. The Morgan fingerprint density at radius 3 is 2.28 bits per heavy atom. The van der Waals surface area contributed by atoms with E-state index in [0.29, 0.717) is 10.8 Å². The summed E-state index contributed by atoms with van der Waals surface area (Å²) in [5.74, 6) is 1.60. The van der Waals surface area contributed by atoms with Crippen molar-refractivity contribution < 1.29 is 4.74 Å². The molecule has 1 saturated heterocycles. The number of rotatable bonds is 2. The van der Waals surface area contributed by atoms with E-state index >= 15 is 0 Å². The van der Waals surface area contributed by atoms with Gasteiger partial charge in [-0.1, -0.05) is 20.8 Å². The fourth-order valence-electron chi connectivity index (χ4n) is 4.06. The number of ether oxygens (including phenoxy) is 1. The fourth-order valence-corrected chi connectivity index (χ4v) is 4.06. The number of nitrogens with two attached hydrogens (primary N) is 1. The first kappa shape index (κ1) is 14.3. The standard InChI is InChI=1S/C16H31NO/c1-15(2,3)13-6-8-16(12-17,9-7-13)14-5-4-10-18-11-14/h13-14H,4-12,17H2,1-3H3. The molecule has 2 rings (SSSR count). The second kappa shape index (κ2) is 5.50. The van der Waals surface area contributed by atoms with Gasteiger partial charge in [0.15, 0.2) is 0 Å². The lowest BCUT2D eigenvalue weighted by Gasteiger charge is -2.48. The molecule has 18 heavy (non-hydrogen) atoms. The van der Waals surface area contributed by atoms with Crippen molar-refractivity contribution in [1.29, 1.82) is 0 Å². The molecule has 1 atom stereocenters. The van der Waals surface area contributed by atoms with Crippen molar-refractivity contribution in [3.05, 3.63) is 0 Å². The first-order valence-corrected chi connectivity index (χ1v) is 7.76. The van der Waals surface area contributed by atoms with Crippen LogP contribution in [0.25, 0.3) is 0 Å². The van der Waals surface area contributed by atoms with Crippen molar-refractivity contribution in [3.8, 4) is 0 Å². The normalized spacial score (nSPS) is 38.7. The van der Waals surface area contributed by atoms with Gasteiger partial charge in [-0.25, -0.2) is 0 Å².